The van der Waals surface area contributed by atoms with Crippen molar-refractivity contribution < 1.29 is 0 Å². The van der Waals surface area contributed by atoms with Gasteiger partial charge in [-0.05, 0) is 42.0 Å². The standard InChI is InChI=1S/C18H15BrN4/c19-17-9-7-15(8-10-17)2-1-14-3-5-16(6-4-14)13-22-23-18-20-11-12-21-18/h3-10,13H,11-12H2,(H2,20,21,23)/b22-13+. The van der Waals surface area contributed by atoms with Crippen molar-refractivity contribution in [2.24, 2.45) is 10.1 Å². The van der Waals surface area contributed by atoms with Crippen molar-refractivity contribution in [3.8, 4) is 11.8 Å². The minimum Gasteiger partial charge on any atom is -0.353 e. The normalized spacial score (nSPS) is 13.2. The molecular formula is C18H15BrN4. The van der Waals surface area contributed by atoms with Crippen LogP contribution in [0.4, 0.5) is 0 Å². The zero-order valence-electron chi connectivity index (χ0n) is 12.4. The van der Waals surface area contributed by atoms with E-state index in [1.807, 2.05) is 48.5 Å². The molecule has 2 aromatic carbocycles. The summed E-state index contributed by atoms with van der Waals surface area (Å²) in [7, 11) is 0. The van der Waals surface area contributed by atoms with Crippen LogP contribution in [0.1, 0.15) is 16.7 Å². The van der Waals surface area contributed by atoms with E-state index in [0.29, 0.717) is 0 Å². The zero-order valence-corrected chi connectivity index (χ0v) is 14.0. The molecule has 0 saturated heterocycles. The summed E-state index contributed by atoms with van der Waals surface area (Å²) in [5.41, 5.74) is 5.84. The summed E-state index contributed by atoms with van der Waals surface area (Å²) in [5.74, 6) is 7.02. The summed E-state index contributed by atoms with van der Waals surface area (Å²) < 4.78 is 1.05. The SMILES string of the molecule is Brc1ccc(C#Cc2ccc(/C=N/NC3=NCCN3)cc2)cc1. The highest BCUT2D eigenvalue weighted by atomic mass is 79.9. The monoisotopic (exact) mass is 366 g/mol. The lowest BCUT2D eigenvalue weighted by Gasteiger charge is -1.99. The van der Waals surface area contributed by atoms with Crippen molar-refractivity contribution in [3.63, 3.8) is 0 Å². The Morgan fingerprint density at radius 1 is 1.04 bits per heavy atom. The van der Waals surface area contributed by atoms with Crippen LogP contribution in [0.3, 0.4) is 0 Å². The van der Waals surface area contributed by atoms with E-state index < -0.39 is 0 Å². The van der Waals surface area contributed by atoms with Gasteiger partial charge in [0.15, 0.2) is 0 Å². The molecule has 1 aliphatic rings. The van der Waals surface area contributed by atoms with Crippen LogP contribution in [-0.2, 0) is 0 Å². The Labute approximate surface area is 143 Å². The lowest BCUT2D eigenvalue weighted by atomic mass is 10.1. The lowest BCUT2D eigenvalue weighted by molar-refractivity contribution is 0.920. The van der Waals surface area contributed by atoms with E-state index in [-0.39, 0.29) is 0 Å². The Kier molecular flexibility index (Phi) is 5.07. The van der Waals surface area contributed by atoms with Gasteiger partial charge in [-0.1, -0.05) is 39.9 Å². The van der Waals surface area contributed by atoms with E-state index in [1.54, 1.807) is 6.21 Å². The van der Waals surface area contributed by atoms with Crippen molar-refractivity contribution in [3.05, 3.63) is 69.7 Å². The number of hydrogen-bond donors (Lipinski definition) is 2. The fraction of sp³-hybridized carbons (Fsp3) is 0.111. The molecule has 0 unspecified atom stereocenters. The molecule has 23 heavy (non-hydrogen) atoms. The molecular weight excluding hydrogens is 352 g/mol. The number of nitrogens with zero attached hydrogens (tertiary/aromatic N) is 2. The van der Waals surface area contributed by atoms with Gasteiger partial charge in [0.05, 0.1) is 12.8 Å². The molecule has 1 aliphatic heterocycles. The molecule has 0 saturated carbocycles. The third-order valence-corrected chi connectivity index (χ3v) is 3.69. The second kappa shape index (κ2) is 7.61. The first kappa shape index (κ1) is 15.3. The van der Waals surface area contributed by atoms with E-state index in [1.165, 1.54) is 0 Å². The van der Waals surface area contributed by atoms with E-state index in [2.05, 4.69) is 48.6 Å². The van der Waals surface area contributed by atoms with E-state index >= 15 is 0 Å². The third kappa shape index (κ3) is 4.70. The number of guanidine groups is 1. The average molecular weight is 367 g/mol. The molecule has 0 spiro atoms. The number of halogens is 1. The smallest absolute Gasteiger partial charge is 0.212 e. The highest BCUT2D eigenvalue weighted by Crippen LogP contribution is 2.09. The fourth-order valence-corrected chi connectivity index (χ4v) is 2.24. The quantitative estimate of drug-likeness (QED) is 0.487. The highest BCUT2D eigenvalue weighted by molar-refractivity contribution is 9.10. The maximum absolute atomic E-state index is 4.20. The number of hydrogen-bond acceptors (Lipinski definition) is 4. The fourth-order valence-electron chi connectivity index (χ4n) is 1.97. The highest BCUT2D eigenvalue weighted by Gasteiger charge is 2.01. The third-order valence-electron chi connectivity index (χ3n) is 3.16. The van der Waals surface area contributed by atoms with Crippen molar-refractivity contribution in [1.29, 1.82) is 0 Å². The average Bonchev–Trinajstić information content (AvgIpc) is 3.09. The van der Waals surface area contributed by atoms with Crippen molar-refractivity contribution in [2.45, 2.75) is 0 Å². The molecule has 0 radical (unpaired) electrons. The second-order valence-electron chi connectivity index (χ2n) is 4.91. The van der Waals surface area contributed by atoms with Crippen LogP contribution in [-0.4, -0.2) is 25.3 Å². The van der Waals surface area contributed by atoms with Crippen molar-refractivity contribution in [1.82, 2.24) is 10.7 Å². The molecule has 114 valence electrons. The number of nitrogens with one attached hydrogen (secondary N) is 2. The zero-order chi connectivity index (χ0) is 15.9. The molecule has 5 heteroatoms. The first-order valence-corrected chi connectivity index (χ1v) is 8.04. The Morgan fingerprint density at radius 2 is 1.70 bits per heavy atom. The Balaban J connectivity index is 1.60. The molecule has 1 heterocycles. The van der Waals surface area contributed by atoms with Gasteiger partial charge in [-0.2, -0.15) is 5.10 Å². The predicted octanol–water partition coefficient (Wildman–Crippen LogP) is 2.73. The number of hydrazone groups is 1. The van der Waals surface area contributed by atoms with Gasteiger partial charge in [0.1, 0.15) is 0 Å². The molecule has 0 bridgehead atoms. The van der Waals surface area contributed by atoms with Crippen LogP contribution in [0.2, 0.25) is 0 Å². The predicted molar refractivity (Wildman–Crippen MR) is 97.6 cm³/mol. The second-order valence-corrected chi connectivity index (χ2v) is 5.82. The summed E-state index contributed by atoms with van der Waals surface area (Å²) in [5, 5.41) is 7.24. The Hall–Kier alpha value is -2.58. The lowest BCUT2D eigenvalue weighted by Crippen LogP contribution is -2.30. The number of benzene rings is 2. The van der Waals surface area contributed by atoms with Gasteiger partial charge in [0.25, 0.3) is 0 Å². The van der Waals surface area contributed by atoms with E-state index in [4.69, 9.17) is 0 Å². The molecule has 2 N–H and O–H groups in total. The van der Waals surface area contributed by atoms with Gasteiger partial charge in [-0.3, -0.25) is 0 Å². The van der Waals surface area contributed by atoms with E-state index in [9.17, 15) is 0 Å². The summed E-state index contributed by atoms with van der Waals surface area (Å²) in [6.07, 6.45) is 1.76. The minimum atomic E-state index is 0.721. The van der Waals surface area contributed by atoms with Gasteiger partial charge >= 0.3 is 0 Å². The van der Waals surface area contributed by atoms with Crippen LogP contribution in [0.25, 0.3) is 0 Å². The topological polar surface area (TPSA) is 48.8 Å². The molecule has 0 fully saturated rings. The van der Waals surface area contributed by atoms with Crippen LogP contribution >= 0.6 is 15.9 Å². The molecule has 2 aromatic rings. The Bertz CT molecular complexity index is 781. The molecule has 0 aliphatic carbocycles. The van der Waals surface area contributed by atoms with Crippen molar-refractivity contribution in [2.75, 3.05) is 13.1 Å². The summed E-state index contributed by atoms with van der Waals surface area (Å²) in [6.45, 7) is 1.66. The summed E-state index contributed by atoms with van der Waals surface area (Å²) in [6, 6.07) is 15.9. The van der Waals surface area contributed by atoms with Gasteiger partial charge in [0.2, 0.25) is 5.96 Å². The van der Waals surface area contributed by atoms with Gasteiger partial charge < -0.3 is 5.32 Å². The molecule has 0 atom stereocenters. The van der Waals surface area contributed by atoms with Gasteiger partial charge in [-0.25, -0.2) is 10.4 Å². The molecule has 4 nitrogen and oxygen atoms in total. The van der Waals surface area contributed by atoms with Gasteiger partial charge in [-0.15, -0.1) is 0 Å². The Morgan fingerprint density at radius 3 is 2.30 bits per heavy atom. The minimum absolute atomic E-state index is 0.721. The molecule has 0 aromatic heterocycles. The van der Waals surface area contributed by atoms with Crippen LogP contribution < -0.4 is 10.7 Å². The summed E-state index contributed by atoms with van der Waals surface area (Å²) in [4.78, 5) is 4.20. The largest absolute Gasteiger partial charge is 0.353 e. The number of rotatable bonds is 2. The first-order valence-electron chi connectivity index (χ1n) is 7.25. The maximum Gasteiger partial charge on any atom is 0.212 e. The van der Waals surface area contributed by atoms with Crippen LogP contribution in [0.15, 0.2) is 63.1 Å². The molecule has 3 rings (SSSR count). The van der Waals surface area contributed by atoms with Crippen LogP contribution in [0, 0.1) is 11.8 Å². The number of aliphatic imine (C=N–C) groups is 1. The van der Waals surface area contributed by atoms with E-state index in [0.717, 1.165) is 40.2 Å². The molecule has 0 amide bonds. The summed E-state index contributed by atoms with van der Waals surface area (Å²) >= 11 is 3.41. The first-order chi connectivity index (χ1) is 11.3. The van der Waals surface area contributed by atoms with Crippen LogP contribution in [0.5, 0.6) is 0 Å². The maximum atomic E-state index is 4.20. The van der Waals surface area contributed by atoms with Crippen molar-refractivity contribution >= 4 is 28.1 Å². The van der Waals surface area contributed by atoms with Gasteiger partial charge in [0, 0.05) is 22.1 Å².